The van der Waals surface area contributed by atoms with Gasteiger partial charge in [-0.05, 0) is 53.4 Å². The summed E-state index contributed by atoms with van der Waals surface area (Å²) in [6.45, 7) is 1.93. The predicted molar refractivity (Wildman–Crippen MR) is 117 cm³/mol. The van der Waals surface area contributed by atoms with Crippen LogP contribution in [0.1, 0.15) is 18.4 Å². The third-order valence-corrected chi connectivity index (χ3v) is 5.87. The summed E-state index contributed by atoms with van der Waals surface area (Å²) in [6, 6.07) is 22.1. The molecule has 0 unspecified atom stereocenters. The van der Waals surface area contributed by atoms with E-state index in [1.54, 1.807) is 7.11 Å². The molecule has 0 bridgehead atoms. The Morgan fingerprint density at radius 3 is 2.40 bits per heavy atom. The molecule has 0 aromatic heterocycles. The van der Waals surface area contributed by atoms with Gasteiger partial charge in [-0.25, -0.2) is 0 Å². The van der Waals surface area contributed by atoms with Crippen LogP contribution < -0.4 is 14.8 Å². The van der Waals surface area contributed by atoms with Crippen LogP contribution in [0.15, 0.2) is 66.7 Å². The Morgan fingerprint density at radius 1 is 0.967 bits per heavy atom. The molecule has 1 aliphatic heterocycles. The number of methoxy groups -OCH3 is 1. The average Bonchev–Trinajstić information content (AvgIpc) is 2.82. The van der Waals surface area contributed by atoms with Crippen LogP contribution in [0, 0.1) is 0 Å². The van der Waals surface area contributed by atoms with Crippen molar-refractivity contribution in [1.82, 2.24) is 5.32 Å². The van der Waals surface area contributed by atoms with Crippen molar-refractivity contribution in [1.29, 1.82) is 0 Å². The highest BCUT2D eigenvalue weighted by Gasteiger charge is 2.34. The largest absolute Gasteiger partial charge is 0.497 e. The van der Waals surface area contributed by atoms with Gasteiger partial charge < -0.3 is 19.5 Å². The Balaban J connectivity index is 1.38. The molecule has 0 aliphatic carbocycles. The lowest BCUT2D eigenvalue weighted by molar-refractivity contribution is -0.123. The van der Waals surface area contributed by atoms with Gasteiger partial charge in [0, 0.05) is 25.2 Å². The van der Waals surface area contributed by atoms with E-state index in [0.29, 0.717) is 25.5 Å². The number of hydrogen-bond donors (Lipinski definition) is 1. The highest BCUT2D eigenvalue weighted by Crippen LogP contribution is 2.35. The van der Waals surface area contributed by atoms with E-state index >= 15 is 0 Å². The minimum absolute atomic E-state index is 0.00642. The standard InChI is InChI=1S/C25H27NO4/c1-28-22-10-7-21(8-11-22)25(12-14-29-15-13-25)18-26-24(27)17-30-23-9-6-19-4-2-3-5-20(19)16-23/h2-11,16H,12-15,17-18H2,1H3,(H,26,27). The average molecular weight is 405 g/mol. The zero-order valence-corrected chi connectivity index (χ0v) is 17.2. The van der Waals surface area contributed by atoms with Gasteiger partial charge in [-0.3, -0.25) is 4.79 Å². The lowest BCUT2D eigenvalue weighted by atomic mass is 9.74. The van der Waals surface area contributed by atoms with Crippen LogP contribution in [0.3, 0.4) is 0 Å². The quantitative estimate of drug-likeness (QED) is 0.643. The van der Waals surface area contributed by atoms with Gasteiger partial charge >= 0.3 is 0 Å². The number of nitrogens with one attached hydrogen (secondary N) is 1. The van der Waals surface area contributed by atoms with E-state index in [1.807, 2.05) is 48.5 Å². The number of carbonyl (C=O) groups is 1. The molecule has 0 radical (unpaired) electrons. The molecule has 1 amide bonds. The van der Waals surface area contributed by atoms with Crippen molar-refractivity contribution < 1.29 is 19.0 Å². The van der Waals surface area contributed by atoms with Gasteiger partial charge in [0.15, 0.2) is 6.61 Å². The second-order valence-corrected chi connectivity index (χ2v) is 7.70. The third kappa shape index (κ3) is 4.57. The van der Waals surface area contributed by atoms with Gasteiger partial charge in [-0.15, -0.1) is 0 Å². The van der Waals surface area contributed by atoms with Gasteiger partial charge in [0.2, 0.25) is 0 Å². The number of carbonyl (C=O) groups excluding carboxylic acids is 1. The molecule has 0 saturated carbocycles. The maximum atomic E-state index is 12.5. The molecule has 0 atom stereocenters. The van der Waals surface area contributed by atoms with E-state index in [1.165, 1.54) is 5.56 Å². The Kier molecular flexibility index (Phi) is 6.19. The summed E-state index contributed by atoms with van der Waals surface area (Å²) in [6.07, 6.45) is 1.73. The van der Waals surface area contributed by atoms with E-state index < -0.39 is 0 Å². The molecule has 4 rings (SSSR count). The first kappa shape index (κ1) is 20.2. The predicted octanol–water partition coefficient (Wildman–Crippen LogP) is 4.09. The van der Waals surface area contributed by atoms with E-state index in [0.717, 1.165) is 29.4 Å². The van der Waals surface area contributed by atoms with E-state index in [9.17, 15) is 4.79 Å². The van der Waals surface area contributed by atoms with Crippen molar-refractivity contribution in [3.8, 4) is 11.5 Å². The Morgan fingerprint density at radius 2 is 1.67 bits per heavy atom. The SMILES string of the molecule is COc1ccc(C2(CNC(=O)COc3ccc4ccccc4c3)CCOCC2)cc1. The minimum Gasteiger partial charge on any atom is -0.497 e. The molecule has 1 fully saturated rings. The van der Waals surface area contributed by atoms with Gasteiger partial charge in [0.25, 0.3) is 5.91 Å². The highest BCUT2D eigenvalue weighted by atomic mass is 16.5. The molecule has 1 heterocycles. The van der Waals surface area contributed by atoms with Crippen molar-refractivity contribution >= 4 is 16.7 Å². The molecule has 1 saturated heterocycles. The van der Waals surface area contributed by atoms with Crippen LogP contribution in [0.4, 0.5) is 0 Å². The fourth-order valence-electron chi connectivity index (χ4n) is 4.00. The summed E-state index contributed by atoms with van der Waals surface area (Å²) in [5, 5.41) is 5.32. The topological polar surface area (TPSA) is 56.8 Å². The number of benzene rings is 3. The zero-order chi connectivity index (χ0) is 20.8. The molecule has 3 aromatic rings. The van der Waals surface area contributed by atoms with Crippen molar-refractivity contribution in [2.75, 3.05) is 33.5 Å². The zero-order valence-electron chi connectivity index (χ0n) is 17.2. The molecule has 0 spiro atoms. The maximum Gasteiger partial charge on any atom is 0.257 e. The number of ether oxygens (including phenoxy) is 3. The molecule has 156 valence electrons. The normalized spacial score (nSPS) is 15.5. The summed E-state index contributed by atoms with van der Waals surface area (Å²) < 4.78 is 16.6. The highest BCUT2D eigenvalue weighted by molar-refractivity contribution is 5.84. The van der Waals surface area contributed by atoms with Crippen LogP contribution in [-0.4, -0.2) is 39.4 Å². The molecular weight excluding hydrogens is 378 g/mol. The van der Waals surface area contributed by atoms with E-state index in [4.69, 9.17) is 14.2 Å². The van der Waals surface area contributed by atoms with Crippen molar-refractivity contribution in [3.63, 3.8) is 0 Å². The first-order chi connectivity index (χ1) is 14.7. The fourth-order valence-corrected chi connectivity index (χ4v) is 4.00. The van der Waals surface area contributed by atoms with Crippen LogP contribution in [0.2, 0.25) is 0 Å². The molecule has 5 nitrogen and oxygen atoms in total. The number of amides is 1. The molecule has 1 N–H and O–H groups in total. The van der Waals surface area contributed by atoms with Crippen molar-refractivity contribution in [2.24, 2.45) is 0 Å². The third-order valence-electron chi connectivity index (χ3n) is 5.87. The maximum absolute atomic E-state index is 12.5. The summed E-state index contributed by atoms with van der Waals surface area (Å²) in [7, 11) is 1.66. The van der Waals surface area contributed by atoms with Crippen LogP contribution in [0.25, 0.3) is 10.8 Å². The first-order valence-electron chi connectivity index (χ1n) is 10.3. The van der Waals surface area contributed by atoms with E-state index in [2.05, 4.69) is 23.5 Å². The van der Waals surface area contributed by atoms with Gasteiger partial charge in [0.1, 0.15) is 11.5 Å². The monoisotopic (exact) mass is 405 g/mol. The second kappa shape index (κ2) is 9.18. The van der Waals surface area contributed by atoms with Gasteiger partial charge in [0.05, 0.1) is 7.11 Å². The molecule has 5 heteroatoms. The van der Waals surface area contributed by atoms with Crippen molar-refractivity contribution in [2.45, 2.75) is 18.3 Å². The van der Waals surface area contributed by atoms with Gasteiger partial charge in [-0.2, -0.15) is 0 Å². The number of rotatable bonds is 7. The fraction of sp³-hybridized carbons (Fsp3) is 0.320. The first-order valence-corrected chi connectivity index (χ1v) is 10.3. The molecular formula is C25H27NO4. The van der Waals surface area contributed by atoms with Crippen LogP contribution in [0.5, 0.6) is 11.5 Å². The Bertz CT molecular complexity index is 993. The van der Waals surface area contributed by atoms with Crippen molar-refractivity contribution in [3.05, 3.63) is 72.3 Å². The van der Waals surface area contributed by atoms with E-state index in [-0.39, 0.29) is 17.9 Å². The Hall–Kier alpha value is -3.05. The second-order valence-electron chi connectivity index (χ2n) is 7.70. The lowest BCUT2D eigenvalue weighted by Gasteiger charge is -2.38. The summed E-state index contributed by atoms with van der Waals surface area (Å²) in [4.78, 5) is 12.5. The lowest BCUT2D eigenvalue weighted by Crippen LogP contribution is -2.45. The number of fused-ring (bicyclic) bond motifs is 1. The summed E-state index contributed by atoms with van der Waals surface area (Å²) >= 11 is 0. The minimum atomic E-state index is -0.136. The molecule has 1 aliphatic rings. The molecule has 3 aromatic carbocycles. The van der Waals surface area contributed by atoms with Crippen LogP contribution >= 0.6 is 0 Å². The van der Waals surface area contributed by atoms with Gasteiger partial charge in [-0.1, -0.05) is 42.5 Å². The Labute approximate surface area is 177 Å². The van der Waals surface area contributed by atoms with Crippen LogP contribution in [-0.2, 0) is 14.9 Å². The summed E-state index contributed by atoms with van der Waals surface area (Å²) in [5.74, 6) is 1.40. The number of hydrogen-bond acceptors (Lipinski definition) is 4. The molecule has 30 heavy (non-hydrogen) atoms. The summed E-state index contributed by atoms with van der Waals surface area (Å²) in [5.41, 5.74) is 1.06. The smallest absolute Gasteiger partial charge is 0.257 e.